The number of piperidine rings is 1. The smallest absolute Gasteiger partial charge is 0.136 e. The highest BCUT2D eigenvalue weighted by Gasteiger charge is 2.89. The molecule has 13 atom stereocenters. The lowest BCUT2D eigenvalue weighted by molar-refractivity contribution is -0.315. The summed E-state index contributed by atoms with van der Waals surface area (Å²) in [7, 11) is 7.03. The Morgan fingerprint density at radius 2 is 1.74 bits per heavy atom. The van der Waals surface area contributed by atoms with Gasteiger partial charge in [0.15, 0.2) is 0 Å². The molecule has 0 aromatic carbocycles. The second kappa shape index (κ2) is 6.65. The van der Waals surface area contributed by atoms with Gasteiger partial charge in [0.1, 0.15) is 11.2 Å². The molecule has 6 fully saturated rings. The minimum Gasteiger partial charge on any atom is -0.386 e. The van der Waals surface area contributed by atoms with E-state index < -0.39 is 17.3 Å². The average Bonchev–Trinajstić information content (AvgIpc) is 3.17. The van der Waals surface area contributed by atoms with Crippen LogP contribution < -0.4 is 0 Å². The van der Waals surface area contributed by atoms with Crippen molar-refractivity contribution in [2.45, 2.75) is 74.3 Å². The molecule has 0 amide bonds. The number of rotatable bonds is 5. The van der Waals surface area contributed by atoms with Crippen LogP contribution in [0.25, 0.3) is 0 Å². The maximum atomic E-state index is 12.8. The van der Waals surface area contributed by atoms with E-state index in [-0.39, 0.29) is 53.4 Å². The van der Waals surface area contributed by atoms with Crippen LogP contribution >= 0.6 is 0 Å². The van der Waals surface area contributed by atoms with Crippen LogP contribution in [-0.2, 0) is 18.9 Å². The van der Waals surface area contributed by atoms with Gasteiger partial charge in [0.2, 0.25) is 0 Å². The summed E-state index contributed by atoms with van der Waals surface area (Å²) in [5.74, 6) is 0.946. The Morgan fingerprint density at radius 3 is 2.35 bits per heavy atom. The van der Waals surface area contributed by atoms with Gasteiger partial charge < -0.3 is 29.2 Å². The number of hydrogen-bond acceptors (Lipinski definition) is 7. The van der Waals surface area contributed by atoms with Crippen LogP contribution in [0.2, 0.25) is 0 Å². The number of aliphatic hydroxyl groups is 2. The second-order valence-corrected chi connectivity index (χ2v) is 11.2. The predicted octanol–water partition coefficient (Wildman–Crippen LogP) is 0.909. The molecule has 31 heavy (non-hydrogen) atoms. The molecule has 7 bridgehead atoms. The van der Waals surface area contributed by atoms with E-state index in [1.54, 1.807) is 21.3 Å². The summed E-state index contributed by atoms with van der Waals surface area (Å²) in [5, 5.41) is 25.5. The van der Waals surface area contributed by atoms with Crippen molar-refractivity contribution in [3.05, 3.63) is 0 Å². The second-order valence-electron chi connectivity index (χ2n) is 11.2. The summed E-state index contributed by atoms with van der Waals surface area (Å²) >= 11 is 0. The fraction of sp³-hybridized carbons (Fsp3) is 1.00. The van der Waals surface area contributed by atoms with Crippen LogP contribution in [0, 0.1) is 35.0 Å². The number of ether oxygens (including phenoxy) is 4. The molecule has 1 spiro atoms. The Labute approximate surface area is 185 Å². The van der Waals surface area contributed by atoms with Crippen LogP contribution in [0.4, 0.5) is 0 Å². The van der Waals surface area contributed by atoms with E-state index in [1.165, 1.54) is 0 Å². The van der Waals surface area contributed by atoms with Crippen molar-refractivity contribution in [2.24, 2.45) is 35.0 Å². The van der Waals surface area contributed by atoms with Crippen LogP contribution in [0.1, 0.15) is 32.6 Å². The van der Waals surface area contributed by atoms with Crippen LogP contribution in [-0.4, -0.2) is 98.3 Å². The topological polar surface area (TPSA) is 80.6 Å². The molecule has 0 unspecified atom stereocenters. The average molecular weight is 438 g/mol. The van der Waals surface area contributed by atoms with Gasteiger partial charge in [-0.15, -0.1) is 0 Å². The highest BCUT2D eigenvalue weighted by molar-refractivity contribution is 5.40. The molecule has 1 saturated heterocycles. The molecule has 0 aromatic rings. The van der Waals surface area contributed by atoms with E-state index in [9.17, 15) is 10.2 Å². The summed E-state index contributed by atoms with van der Waals surface area (Å²) < 4.78 is 24.5. The van der Waals surface area contributed by atoms with E-state index in [1.807, 2.05) is 7.11 Å². The Kier molecular flexibility index (Phi) is 4.56. The molecular formula is C24H39NO6. The number of likely N-dealkylation sites (tertiary alicyclic amines) is 1. The maximum absolute atomic E-state index is 12.8. The summed E-state index contributed by atoms with van der Waals surface area (Å²) in [6, 6.07) is -0.181. The van der Waals surface area contributed by atoms with Gasteiger partial charge in [0, 0.05) is 64.6 Å². The quantitative estimate of drug-likeness (QED) is 0.662. The van der Waals surface area contributed by atoms with Crippen molar-refractivity contribution >= 4 is 0 Å². The monoisotopic (exact) mass is 437 g/mol. The summed E-state index contributed by atoms with van der Waals surface area (Å²) in [6.07, 6.45) is 2.85. The van der Waals surface area contributed by atoms with Crippen LogP contribution in [0.15, 0.2) is 0 Å². The van der Waals surface area contributed by atoms with Gasteiger partial charge in [-0.05, 0) is 37.6 Å². The van der Waals surface area contributed by atoms with E-state index in [2.05, 4.69) is 11.8 Å². The molecule has 2 N–H and O–H groups in total. The van der Waals surface area contributed by atoms with Gasteiger partial charge in [-0.2, -0.15) is 0 Å². The highest BCUT2D eigenvalue weighted by Crippen LogP contribution is 2.78. The molecule has 5 saturated carbocycles. The number of likely N-dealkylation sites (N-methyl/N-ethyl adjacent to an activating group) is 1. The molecule has 5 aliphatic carbocycles. The lowest BCUT2D eigenvalue weighted by Gasteiger charge is -2.68. The number of fused-ring (bicyclic) bond motifs is 2. The van der Waals surface area contributed by atoms with Crippen molar-refractivity contribution in [1.29, 1.82) is 0 Å². The van der Waals surface area contributed by atoms with Crippen LogP contribution in [0.3, 0.4) is 0 Å². The zero-order valence-electron chi connectivity index (χ0n) is 19.5. The first-order valence-electron chi connectivity index (χ1n) is 12.2. The molecule has 6 rings (SSSR count). The third kappa shape index (κ3) is 2.01. The van der Waals surface area contributed by atoms with Gasteiger partial charge >= 0.3 is 0 Å². The molecule has 7 nitrogen and oxygen atoms in total. The molecule has 7 heteroatoms. The van der Waals surface area contributed by atoms with Gasteiger partial charge in [-0.25, -0.2) is 0 Å². The number of nitrogens with zero attached hydrogens (tertiary/aromatic N) is 1. The summed E-state index contributed by atoms with van der Waals surface area (Å²) in [5.41, 5.74) is -2.95. The Bertz CT molecular complexity index is 752. The lowest BCUT2D eigenvalue weighted by atomic mass is 9.45. The molecule has 0 radical (unpaired) electrons. The minimum atomic E-state index is -1.39. The van der Waals surface area contributed by atoms with Crippen molar-refractivity contribution in [3.63, 3.8) is 0 Å². The standard InChI is InChI=1S/C24H39NO6/c1-6-25-11-12-7-8-16(29-3)23-14-9-13-15(28-2)10-22(26,18(14)19(13)30-4)24(27,21(23)25)20(31-5)17(12)23/h12-21,26-27H,6-11H2,1-5H3/t12-,13+,14+,15-,16-,17-,18+,19-,20-,21-,22+,23-,24+/m0/s1. The predicted molar refractivity (Wildman–Crippen MR) is 112 cm³/mol. The van der Waals surface area contributed by atoms with Gasteiger partial charge in [-0.1, -0.05) is 6.92 Å². The first-order chi connectivity index (χ1) is 14.9. The molecule has 1 heterocycles. The normalized spacial score (nSPS) is 61.6. The van der Waals surface area contributed by atoms with Crippen LogP contribution in [0.5, 0.6) is 0 Å². The van der Waals surface area contributed by atoms with E-state index in [4.69, 9.17) is 18.9 Å². The Balaban J connectivity index is 1.66. The third-order valence-electron chi connectivity index (χ3n) is 11.1. The highest BCUT2D eigenvalue weighted by atomic mass is 16.5. The fourth-order valence-electron chi connectivity index (χ4n) is 10.6. The molecule has 6 aliphatic rings. The van der Waals surface area contributed by atoms with Gasteiger partial charge in [0.05, 0.1) is 30.5 Å². The summed E-state index contributed by atoms with van der Waals surface area (Å²) in [6.45, 7) is 3.99. The first-order valence-corrected chi connectivity index (χ1v) is 12.2. The van der Waals surface area contributed by atoms with Gasteiger partial charge in [-0.3, -0.25) is 4.90 Å². The van der Waals surface area contributed by atoms with Crippen molar-refractivity contribution < 1.29 is 29.2 Å². The Hall–Kier alpha value is -0.280. The first kappa shape index (κ1) is 21.3. The molecule has 1 aliphatic heterocycles. The molecule has 0 aromatic heterocycles. The molecular weight excluding hydrogens is 398 g/mol. The van der Waals surface area contributed by atoms with Crippen molar-refractivity contribution in [1.82, 2.24) is 4.90 Å². The summed E-state index contributed by atoms with van der Waals surface area (Å²) in [4.78, 5) is 2.45. The number of methoxy groups -OCH3 is 4. The minimum absolute atomic E-state index is 0.0483. The van der Waals surface area contributed by atoms with Crippen molar-refractivity contribution in [2.75, 3.05) is 41.5 Å². The third-order valence-corrected chi connectivity index (χ3v) is 11.1. The maximum Gasteiger partial charge on any atom is 0.136 e. The SMILES string of the molecule is CCN1C[C@@H]2CC[C@H](OC)[C@@]34[C@@H]2[C@H](OC)[C@@](O)([C@@H]13)[C@@]1(O)C[C@H](OC)[C@H]2C[C@@H]4[C@@H]1[C@H]2OC. The Morgan fingerprint density at radius 1 is 0.968 bits per heavy atom. The fourth-order valence-corrected chi connectivity index (χ4v) is 10.6. The zero-order valence-corrected chi connectivity index (χ0v) is 19.5. The molecule has 176 valence electrons. The zero-order chi connectivity index (χ0) is 21.9. The number of hydrogen-bond donors (Lipinski definition) is 2. The largest absolute Gasteiger partial charge is 0.386 e. The van der Waals surface area contributed by atoms with Crippen molar-refractivity contribution in [3.8, 4) is 0 Å². The van der Waals surface area contributed by atoms with E-state index in [0.717, 1.165) is 32.4 Å². The van der Waals surface area contributed by atoms with E-state index in [0.29, 0.717) is 12.3 Å². The van der Waals surface area contributed by atoms with Gasteiger partial charge in [0.25, 0.3) is 0 Å². The lowest BCUT2D eigenvalue weighted by Crippen LogP contribution is -2.81. The van der Waals surface area contributed by atoms with E-state index >= 15 is 0 Å².